The molecule has 0 unspecified atom stereocenters. The van der Waals surface area contributed by atoms with E-state index in [1.54, 1.807) is 0 Å². The van der Waals surface area contributed by atoms with Crippen LogP contribution in [0.5, 0.6) is 0 Å². The third-order valence-corrected chi connectivity index (χ3v) is 44.4. The fourth-order valence-corrected chi connectivity index (χ4v) is 12.1. The van der Waals surface area contributed by atoms with Gasteiger partial charge in [0, 0.05) is 157 Å². The van der Waals surface area contributed by atoms with Gasteiger partial charge in [0.15, 0.2) is 0 Å². The molecule has 18 nitrogen and oxygen atoms in total. The number of hydrogen-bond donors (Lipinski definition) is 18. The zero-order chi connectivity index (χ0) is 36.0. The van der Waals surface area contributed by atoms with Gasteiger partial charge in [0.05, 0.1) is 0 Å². The van der Waals surface area contributed by atoms with Gasteiger partial charge in [-0.05, 0) is 0 Å². The number of halogens is 2. The van der Waals surface area contributed by atoms with Crippen LogP contribution < -0.4 is 126 Å². The molecule has 0 spiro atoms. The average molecular weight is 1330 g/mol. The van der Waals surface area contributed by atoms with Gasteiger partial charge in [-0.25, -0.2) is 0 Å². The van der Waals surface area contributed by atoms with Crippen molar-refractivity contribution in [1.82, 2.24) is 31.9 Å². The van der Waals surface area contributed by atoms with E-state index in [1.165, 1.54) is 0 Å². The molecule has 0 bridgehead atoms. The molecule has 1 heterocycles. The summed E-state index contributed by atoms with van der Waals surface area (Å²) in [4.78, 5) is 0. The summed E-state index contributed by atoms with van der Waals surface area (Å²) in [5.74, 6) is 0. The maximum Gasteiger partial charge on any atom is 3.00 e. The first-order chi connectivity index (χ1) is 22.5. The largest absolute Gasteiger partial charge is 3.00 e. The Bertz CT molecular complexity index is 341. The standard InChI is InChI=1S/6C4H13N3.2ClH.Ge2S2.4H2S.2Sm/c6*5-1-3-7-4-2-6;;;1-3-2-4-1;;;;;;/h6*7H,1-6H2;2*1H;;4*1H2;;/q;;;;;;;;;;;;;2*+3/p-6. The normalized spacial score (nSPS) is 9.11. The quantitative estimate of drug-likeness (QED) is 0.0185. The Morgan fingerprint density at radius 2 is 0.333 bits per heavy atom. The molecule has 30 N–H and O–H groups in total. The molecular formula is C24H82Cl2Ge2N18S6Sm2. The Kier molecular flexibility index (Phi) is 226. The van der Waals surface area contributed by atoms with Crippen molar-refractivity contribution >= 4 is 97.1 Å². The van der Waals surface area contributed by atoms with Crippen LogP contribution in [-0.2, 0) is 54.0 Å². The number of nitrogens with two attached hydrogens (primary N) is 12. The first-order valence-corrected chi connectivity index (χ1v) is 27.9. The van der Waals surface area contributed by atoms with E-state index in [0.717, 1.165) is 78.5 Å². The van der Waals surface area contributed by atoms with Gasteiger partial charge >= 0.3 is 124 Å². The fourth-order valence-electron chi connectivity index (χ4n) is 2.02. The predicted octanol–water partition coefficient (Wildman–Crippen LogP) is -15.6. The van der Waals surface area contributed by atoms with Crippen molar-refractivity contribution < 1.29 is 106 Å². The van der Waals surface area contributed by atoms with Crippen molar-refractivity contribution in [2.45, 2.75) is 0 Å². The molecule has 0 aromatic rings. The van der Waals surface area contributed by atoms with Gasteiger partial charge in [0.25, 0.3) is 0 Å². The summed E-state index contributed by atoms with van der Waals surface area (Å²) in [5, 5.41) is 18.2. The molecule has 0 atom stereocenters. The summed E-state index contributed by atoms with van der Waals surface area (Å²) < 4.78 is 0. The predicted molar refractivity (Wildman–Crippen MR) is 248 cm³/mol. The van der Waals surface area contributed by atoms with Gasteiger partial charge < -0.3 is 180 Å². The Balaban J connectivity index is -0.0000000282. The Hall–Kier alpha value is 5.72. The summed E-state index contributed by atoms with van der Waals surface area (Å²) in [7, 11) is 4.50. The zero-order valence-corrected chi connectivity index (χ0v) is 48.2. The van der Waals surface area contributed by atoms with Gasteiger partial charge in [-0.3, -0.25) is 0 Å². The topological polar surface area (TPSA) is 384 Å². The first-order valence-electron chi connectivity index (χ1n) is 16.0. The first kappa shape index (κ1) is 98.5. The molecule has 1 aliphatic rings. The molecule has 0 aromatic carbocycles. The van der Waals surface area contributed by atoms with E-state index in [-0.39, 0.29) is 160 Å². The number of nitrogens with one attached hydrogen (secondary N) is 6. The van der Waals surface area contributed by atoms with Crippen LogP contribution in [0.1, 0.15) is 0 Å². The number of hydrogen-bond acceptors (Lipinski definition) is 24. The van der Waals surface area contributed by atoms with Gasteiger partial charge in [-0.2, -0.15) is 0 Å². The molecule has 338 valence electrons. The second-order valence-electron chi connectivity index (χ2n) is 8.33. The third-order valence-electron chi connectivity index (χ3n) is 4.02. The molecule has 0 saturated carbocycles. The molecule has 1 fully saturated rings. The van der Waals surface area contributed by atoms with Gasteiger partial charge in [0.1, 0.15) is 0 Å². The molecule has 0 amide bonds. The summed E-state index contributed by atoms with van der Waals surface area (Å²) in [6.45, 7) is 18.8. The fraction of sp³-hybridized carbons (Fsp3) is 1.00. The molecule has 0 aromatic heterocycles. The van der Waals surface area contributed by atoms with Crippen molar-refractivity contribution in [3.05, 3.63) is 0 Å². The van der Waals surface area contributed by atoms with E-state index in [4.69, 9.17) is 68.8 Å². The molecule has 1 aliphatic heterocycles. The maximum absolute atomic E-state index is 5.17. The van der Waals surface area contributed by atoms with Crippen LogP contribution in [0.3, 0.4) is 0 Å². The van der Waals surface area contributed by atoms with E-state index in [2.05, 4.69) is 48.7 Å². The minimum atomic E-state index is 0. The second kappa shape index (κ2) is 124. The van der Waals surface area contributed by atoms with Crippen molar-refractivity contribution in [3.63, 3.8) is 0 Å². The van der Waals surface area contributed by atoms with Crippen LogP contribution in [0.2, 0.25) is 0 Å². The molecule has 6 radical (unpaired) electrons. The molecule has 54 heavy (non-hydrogen) atoms. The summed E-state index contributed by atoms with van der Waals surface area (Å²) in [5.41, 5.74) is 62.0. The number of thiol groups is 4. The Morgan fingerprint density at radius 1 is 0.259 bits per heavy atom. The minimum Gasteiger partial charge on any atom is 3.00 e. The van der Waals surface area contributed by atoms with Crippen molar-refractivity contribution in [1.29, 1.82) is 0 Å². The van der Waals surface area contributed by atoms with Gasteiger partial charge in [-0.1, -0.05) is 0 Å². The second-order valence-corrected chi connectivity index (χ2v) is 32.3. The summed E-state index contributed by atoms with van der Waals surface area (Å²) in [6, 6.07) is 0. The van der Waals surface area contributed by atoms with Crippen LogP contribution in [0.4, 0.5) is 0 Å². The zero-order valence-electron chi connectivity index (χ0n) is 32.1. The van der Waals surface area contributed by atoms with E-state index < -0.39 is 0 Å². The molecular weight excluding hydrogens is 1250 g/mol. The molecule has 1 saturated heterocycles. The third kappa shape index (κ3) is 163. The van der Waals surface area contributed by atoms with E-state index in [0.29, 0.717) is 105 Å². The minimum absolute atomic E-state index is 0. The van der Waals surface area contributed by atoms with Crippen molar-refractivity contribution in [2.24, 2.45) is 68.8 Å². The monoisotopic (exact) mass is 1340 g/mol. The van der Waals surface area contributed by atoms with E-state index >= 15 is 0 Å². The van der Waals surface area contributed by atoms with Crippen molar-refractivity contribution in [2.75, 3.05) is 157 Å². The van der Waals surface area contributed by atoms with Crippen LogP contribution in [0, 0.1) is 80.8 Å². The smallest absolute Gasteiger partial charge is 3.00 e. The van der Waals surface area contributed by atoms with E-state index in [9.17, 15) is 0 Å². The maximum atomic E-state index is 5.17. The summed E-state index contributed by atoms with van der Waals surface area (Å²) >= 11 is 1.17. The Morgan fingerprint density at radius 3 is 0.370 bits per heavy atom. The molecule has 0 aliphatic carbocycles. The van der Waals surface area contributed by atoms with Gasteiger partial charge in [0.2, 0.25) is 0 Å². The van der Waals surface area contributed by atoms with Crippen LogP contribution in [0.15, 0.2) is 0 Å². The van der Waals surface area contributed by atoms with Gasteiger partial charge in [-0.15, -0.1) is 0 Å². The number of rotatable bonds is 24. The van der Waals surface area contributed by atoms with Crippen LogP contribution in [0.25, 0.3) is 0 Å². The molecule has 30 heteroatoms. The summed E-state index contributed by atoms with van der Waals surface area (Å²) in [6.07, 6.45) is 0. The Labute approximate surface area is 453 Å². The van der Waals surface area contributed by atoms with Crippen LogP contribution in [-0.4, -0.2) is 183 Å². The van der Waals surface area contributed by atoms with Crippen molar-refractivity contribution in [3.8, 4) is 0 Å². The molecule has 1 rings (SSSR count). The average Bonchev–Trinajstić information content (AvgIpc) is 3.04. The SMILES string of the molecule is NCCNCCN.NCCNCCN.NCCNCCN.NCCNCCN.NCCNCCN.NCCNCCN.[Cl-].[Cl-].[SH-].[SH-].[SH-].[SH-].[S]1[Ge][S][Ge]1.[Sm+3].[Sm+3]. The van der Waals surface area contributed by atoms with E-state index in [1.807, 2.05) is 0 Å². The van der Waals surface area contributed by atoms with Crippen LogP contribution >= 0.6 is 16.8 Å².